The summed E-state index contributed by atoms with van der Waals surface area (Å²) in [6, 6.07) is 4.05. The molecule has 1 N–H and O–H groups in total. The van der Waals surface area contributed by atoms with Crippen molar-refractivity contribution in [1.29, 1.82) is 0 Å². The van der Waals surface area contributed by atoms with Crippen molar-refractivity contribution in [2.45, 2.75) is 13.2 Å². The van der Waals surface area contributed by atoms with Gasteiger partial charge in [-0.3, -0.25) is 0 Å². The summed E-state index contributed by atoms with van der Waals surface area (Å²) < 4.78 is 46.4. The lowest BCUT2D eigenvalue weighted by molar-refractivity contribution is -0.0528. The monoisotopic (exact) mass is 249 g/mol. The standard InChI is InChI=1S/C11H14F3NO2/c1-16-6-5-15-7-8-3-2-4-9(12)10(8)17-11(13)14/h2-4,11,15H,5-7H2,1H3. The van der Waals surface area contributed by atoms with Gasteiger partial charge < -0.3 is 14.8 Å². The molecule has 0 aliphatic rings. The minimum Gasteiger partial charge on any atom is -0.431 e. The highest BCUT2D eigenvalue weighted by atomic mass is 19.3. The molecule has 0 saturated carbocycles. The largest absolute Gasteiger partial charge is 0.431 e. The van der Waals surface area contributed by atoms with Crippen LogP contribution < -0.4 is 10.1 Å². The minimum absolute atomic E-state index is 0.239. The van der Waals surface area contributed by atoms with E-state index in [0.717, 1.165) is 6.07 Å². The molecule has 0 saturated heterocycles. The maximum atomic E-state index is 13.3. The maximum absolute atomic E-state index is 13.3. The van der Waals surface area contributed by atoms with Crippen LogP contribution in [0.4, 0.5) is 13.2 Å². The van der Waals surface area contributed by atoms with Gasteiger partial charge in [-0.2, -0.15) is 8.78 Å². The third-order valence-electron chi connectivity index (χ3n) is 2.05. The van der Waals surface area contributed by atoms with Crippen LogP contribution in [-0.4, -0.2) is 26.9 Å². The lowest BCUT2D eigenvalue weighted by Crippen LogP contribution is -2.19. The Morgan fingerprint density at radius 3 is 2.76 bits per heavy atom. The van der Waals surface area contributed by atoms with Gasteiger partial charge in [0.25, 0.3) is 0 Å². The van der Waals surface area contributed by atoms with E-state index < -0.39 is 18.2 Å². The zero-order chi connectivity index (χ0) is 12.7. The Balaban J connectivity index is 2.66. The normalized spacial score (nSPS) is 10.9. The lowest BCUT2D eigenvalue weighted by Gasteiger charge is -2.12. The molecule has 0 aromatic heterocycles. The van der Waals surface area contributed by atoms with E-state index in [1.54, 1.807) is 7.11 Å². The molecule has 0 radical (unpaired) electrons. The molecule has 96 valence electrons. The molecule has 0 unspecified atom stereocenters. The summed E-state index contributed by atoms with van der Waals surface area (Å²) in [5.41, 5.74) is 0.349. The van der Waals surface area contributed by atoms with Gasteiger partial charge in [-0.1, -0.05) is 12.1 Å². The van der Waals surface area contributed by atoms with Crippen molar-refractivity contribution in [1.82, 2.24) is 5.32 Å². The van der Waals surface area contributed by atoms with Gasteiger partial charge >= 0.3 is 6.61 Å². The Morgan fingerprint density at radius 2 is 2.12 bits per heavy atom. The summed E-state index contributed by atoms with van der Waals surface area (Å²) in [6.45, 7) is -1.77. The lowest BCUT2D eigenvalue weighted by atomic mass is 10.2. The van der Waals surface area contributed by atoms with Crippen LogP contribution in [0.15, 0.2) is 18.2 Å². The summed E-state index contributed by atoms with van der Waals surface area (Å²) in [5, 5.41) is 2.93. The number of benzene rings is 1. The number of hydrogen-bond acceptors (Lipinski definition) is 3. The first-order valence-electron chi connectivity index (χ1n) is 5.07. The van der Waals surface area contributed by atoms with Gasteiger partial charge in [0.15, 0.2) is 11.6 Å². The third-order valence-corrected chi connectivity index (χ3v) is 2.05. The summed E-state index contributed by atoms with van der Waals surface area (Å²) in [5.74, 6) is -1.20. The van der Waals surface area contributed by atoms with Gasteiger partial charge in [-0.15, -0.1) is 0 Å². The Bertz CT molecular complexity index is 347. The summed E-state index contributed by atoms with van der Waals surface area (Å²) in [6.07, 6.45) is 0. The second-order valence-electron chi connectivity index (χ2n) is 3.28. The second-order valence-corrected chi connectivity index (χ2v) is 3.28. The minimum atomic E-state index is -3.04. The number of hydrogen-bond donors (Lipinski definition) is 1. The van der Waals surface area contributed by atoms with Crippen LogP contribution in [0.1, 0.15) is 5.56 Å². The molecule has 0 amide bonds. The molecular formula is C11H14F3NO2. The number of alkyl halides is 2. The van der Waals surface area contributed by atoms with Gasteiger partial charge in [-0.25, -0.2) is 4.39 Å². The van der Waals surface area contributed by atoms with Crippen LogP contribution in [0.3, 0.4) is 0 Å². The molecule has 0 atom stereocenters. The van der Waals surface area contributed by atoms with Crippen molar-refractivity contribution in [2.75, 3.05) is 20.3 Å². The van der Waals surface area contributed by atoms with Crippen LogP contribution >= 0.6 is 0 Å². The van der Waals surface area contributed by atoms with Gasteiger partial charge in [0.2, 0.25) is 0 Å². The molecule has 0 bridgehead atoms. The number of ether oxygens (including phenoxy) is 2. The van der Waals surface area contributed by atoms with E-state index in [1.807, 2.05) is 0 Å². The predicted octanol–water partition coefficient (Wildman–Crippen LogP) is 2.16. The van der Waals surface area contributed by atoms with Crippen LogP contribution in [0.25, 0.3) is 0 Å². The molecular weight excluding hydrogens is 235 g/mol. The van der Waals surface area contributed by atoms with E-state index in [0.29, 0.717) is 18.7 Å². The van der Waals surface area contributed by atoms with Gasteiger partial charge in [0.1, 0.15) is 0 Å². The number of methoxy groups -OCH3 is 1. The molecule has 17 heavy (non-hydrogen) atoms. The Kier molecular flexibility index (Phi) is 5.79. The van der Waals surface area contributed by atoms with Crippen molar-refractivity contribution in [3.63, 3.8) is 0 Å². The average Bonchev–Trinajstić information content (AvgIpc) is 2.28. The van der Waals surface area contributed by atoms with Crippen molar-refractivity contribution < 1.29 is 22.6 Å². The molecule has 0 heterocycles. The third kappa shape index (κ3) is 4.62. The molecule has 0 spiro atoms. The molecule has 1 aromatic carbocycles. The molecule has 0 fully saturated rings. The molecule has 1 rings (SSSR count). The van der Waals surface area contributed by atoms with Crippen molar-refractivity contribution >= 4 is 0 Å². The van der Waals surface area contributed by atoms with E-state index >= 15 is 0 Å². The van der Waals surface area contributed by atoms with Crippen molar-refractivity contribution in [3.8, 4) is 5.75 Å². The summed E-state index contributed by atoms with van der Waals surface area (Å²) in [7, 11) is 1.55. The van der Waals surface area contributed by atoms with E-state index in [1.165, 1.54) is 12.1 Å². The molecule has 3 nitrogen and oxygen atoms in total. The fraction of sp³-hybridized carbons (Fsp3) is 0.455. The number of nitrogens with one attached hydrogen (secondary N) is 1. The highest BCUT2D eigenvalue weighted by molar-refractivity contribution is 5.34. The SMILES string of the molecule is COCCNCc1cccc(F)c1OC(F)F. The van der Waals surface area contributed by atoms with E-state index in [9.17, 15) is 13.2 Å². The first kappa shape index (κ1) is 13.8. The second kappa shape index (κ2) is 7.13. The van der Waals surface area contributed by atoms with Crippen LogP contribution in [-0.2, 0) is 11.3 Å². The zero-order valence-corrected chi connectivity index (χ0v) is 9.38. The van der Waals surface area contributed by atoms with E-state index in [-0.39, 0.29) is 6.54 Å². The predicted molar refractivity (Wildman–Crippen MR) is 56.6 cm³/mol. The summed E-state index contributed by atoms with van der Waals surface area (Å²) >= 11 is 0. The zero-order valence-electron chi connectivity index (χ0n) is 9.38. The van der Waals surface area contributed by atoms with Crippen molar-refractivity contribution in [3.05, 3.63) is 29.6 Å². The first-order valence-corrected chi connectivity index (χ1v) is 5.07. The van der Waals surface area contributed by atoms with Crippen LogP contribution in [0.5, 0.6) is 5.75 Å². The topological polar surface area (TPSA) is 30.5 Å². The molecule has 0 aliphatic carbocycles. The van der Waals surface area contributed by atoms with Crippen LogP contribution in [0.2, 0.25) is 0 Å². The summed E-state index contributed by atoms with van der Waals surface area (Å²) in [4.78, 5) is 0. The van der Waals surface area contributed by atoms with E-state index in [4.69, 9.17) is 4.74 Å². The maximum Gasteiger partial charge on any atom is 0.387 e. The number of rotatable bonds is 7. The molecule has 1 aromatic rings. The Labute approximate surface area is 97.5 Å². The molecule has 6 heteroatoms. The highest BCUT2D eigenvalue weighted by Crippen LogP contribution is 2.24. The fourth-order valence-corrected chi connectivity index (χ4v) is 1.31. The smallest absolute Gasteiger partial charge is 0.387 e. The van der Waals surface area contributed by atoms with Gasteiger partial charge in [-0.05, 0) is 6.07 Å². The molecule has 0 aliphatic heterocycles. The Hall–Kier alpha value is -1.27. The Morgan fingerprint density at radius 1 is 1.35 bits per heavy atom. The number of halogens is 3. The fourth-order valence-electron chi connectivity index (χ4n) is 1.31. The quantitative estimate of drug-likeness (QED) is 0.751. The van der Waals surface area contributed by atoms with Crippen molar-refractivity contribution in [2.24, 2.45) is 0 Å². The average molecular weight is 249 g/mol. The highest BCUT2D eigenvalue weighted by Gasteiger charge is 2.14. The van der Waals surface area contributed by atoms with Gasteiger partial charge in [0.05, 0.1) is 6.61 Å². The first-order chi connectivity index (χ1) is 8.15. The van der Waals surface area contributed by atoms with E-state index in [2.05, 4.69) is 10.1 Å². The van der Waals surface area contributed by atoms with Gasteiger partial charge in [0, 0.05) is 25.8 Å². The number of para-hydroxylation sites is 1. The van der Waals surface area contributed by atoms with Crippen LogP contribution in [0, 0.1) is 5.82 Å².